The molecule has 2 amide bonds. The molecule has 7 heteroatoms. The van der Waals surface area contributed by atoms with Gasteiger partial charge in [-0.15, -0.1) is 11.7 Å². The van der Waals surface area contributed by atoms with Crippen LogP contribution in [0.1, 0.15) is 39.3 Å². The van der Waals surface area contributed by atoms with E-state index in [1.807, 2.05) is 23.2 Å². The van der Waals surface area contributed by atoms with Gasteiger partial charge in [0.2, 0.25) is 5.88 Å². The van der Waals surface area contributed by atoms with Crippen LogP contribution in [0, 0.1) is 5.92 Å². The summed E-state index contributed by atoms with van der Waals surface area (Å²) in [7, 11) is 0. The van der Waals surface area contributed by atoms with E-state index in [4.69, 9.17) is 4.74 Å². The molecule has 3 heterocycles. The van der Waals surface area contributed by atoms with Gasteiger partial charge in [-0.05, 0) is 24.8 Å². The fourth-order valence-corrected chi connectivity index (χ4v) is 3.08. The summed E-state index contributed by atoms with van der Waals surface area (Å²) in [5, 5.41) is 7.34. The number of ether oxygens (including phenoxy) is 1. The van der Waals surface area contributed by atoms with E-state index in [0.29, 0.717) is 24.9 Å². The zero-order chi connectivity index (χ0) is 19.4. The largest absolute Gasteiger partial charge is 0.476 e. The average molecular weight is 371 g/mol. The second-order valence-electron chi connectivity index (χ2n) is 8.07. The van der Waals surface area contributed by atoms with E-state index in [0.717, 1.165) is 37.3 Å². The molecule has 0 spiro atoms. The normalized spacial score (nSPS) is 15.7. The number of aromatic nitrogens is 3. The van der Waals surface area contributed by atoms with Gasteiger partial charge < -0.3 is 15.0 Å². The van der Waals surface area contributed by atoms with Crippen molar-refractivity contribution in [1.82, 2.24) is 24.8 Å². The molecule has 2 aromatic heterocycles. The van der Waals surface area contributed by atoms with E-state index in [-0.39, 0.29) is 11.4 Å². The Morgan fingerprint density at radius 1 is 1.37 bits per heavy atom. The Balaban J connectivity index is 1.52. The van der Waals surface area contributed by atoms with Crippen molar-refractivity contribution in [2.24, 2.45) is 5.92 Å². The van der Waals surface area contributed by atoms with Gasteiger partial charge in [0, 0.05) is 31.1 Å². The lowest BCUT2D eigenvalue weighted by atomic mass is 9.93. The van der Waals surface area contributed by atoms with Gasteiger partial charge in [0.05, 0.1) is 18.5 Å². The molecule has 7 nitrogen and oxygen atoms in total. The number of nitrogens with zero attached hydrogens (tertiary/aromatic N) is 4. The number of hydrogen-bond acceptors (Lipinski definition) is 4. The number of fused-ring (bicyclic) bond motifs is 1. The summed E-state index contributed by atoms with van der Waals surface area (Å²) in [5.74, 6) is 1.03. The predicted molar refractivity (Wildman–Crippen MR) is 105 cm³/mol. The van der Waals surface area contributed by atoms with Crippen molar-refractivity contribution in [2.75, 3.05) is 26.2 Å². The zero-order valence-corrected chi connectivity index (χ0v) is 16.4. The average Bonchev–Trinajstić information content (AvgIpc) is 3.08. The van der Waals surface area contributed by atoms with Gasteiger partial charge in [-0.2, -0.15) is 0 Å². The van der Waals surface area contributed by atoms with Gasteiger partial charge in [-0.1, -0.05) is 26.8 Å². The standard InChI is InChI=1S/C20H29N5O2/c1-5-10-21-19(26)24-11-8-15(9-12-24)14-27-18-7-6-17-22-16(20(2,3)4)13-25(17)23-18/h5-7,13,15H,1,8-12,14H2,2-4H3,(H,21,26). The molecule has 0 bridgehead atoms. The fourth-order valence-electron chi connectivity index (χ4n) is 3.08. The van der Waals surface area contributed by atoms with E-state index in [1.165, 1.54) is 0 Å². The van der Waals surface area contributed by atoms with Crippen LogP contribution in [-0.4, -0.2) is 51.8 Å². The van der Waals surface area contributed by atoms with Crippen molar-refractivity contribution in [1.29, 1.82) is 0 Å². The van der Waals surface area contributed by atoms with Crippen molar-refractivity contribution in [3.63, 3.8) is 0 Å². The SMILES string of the molecule is C=CCNC(=O)N1CCC(COc2ccc3nc(C(C)(C)C)cn3n2)CC1. The summed E-state index contributed by atoms with van der Waals surface area (Å²) in [6.45, 7) is 12.6. The summed E-state index contributed by atoms with van der Waals surface area (Å²) in [5.41, 5.74) is 1.82. The first-order valence-corrected chi connectivity index (χ1v) is 9.50. The second-order valence-corrected chi connectivity index (χ2v) is 8.07. The van der Waals surface area contributed by atoms with Crippen LogP contribution in [0.5, 0.6) is 5.88 Å². The Morgan fingerprint density at radius 2 is 2.11 bits per heavy atom. The Bertz CT molecular complexity index is 800. The number of carbonyl (C=O) groups is 1. The van der Waals surface area contributed by atoms with Gasteiger partial charge >= 0.3 is 6.03 Å². The molecule has 1 aliphatic rings. The van der Waals surface area contributed by atoms with Crippen LogP contribution in [0.15, 0.2) is 31.0 Å². The summed E-state index contributed by atoms with van der Waals surface area (Å²) in [6.07, 6.45) is 5.52. The van der Waals surface area contributed by atoms with Crippen molar-refractivity contribution < 1.29 is 9.53 Å². The van der Waals surface area contributed by atoms with Crippen LogP contribution in [0.3, 0.4) is 0 Å². The molecule has 0 unspecified atom stereocenters. The number of urea groups is 1. The first-order chi connectivity index (χ1) is 12.9. The van der Waals surface area contributed by atoms with Crippen LogP contribution in [0.2, 0.25) is 0 Å². The molecule has 0 radical (unpaired) electrons. The van der Waals surface area contributed by atoms with Crippen LogP contribution < -0.4 is 10.1 Å². The van der Waals surface area contributed by atoms with Crippen LogP contribution in [-0.2, 0) is 5.41 Å². The molecule has 1 saturated heterocycles. The van der Waals surface area contributed by atoms with Gasteiger partial charge in [0.25, 0.3) is 0 Å². The number of nitrogens with one attached hydrogen (secondary N) is 1. The molecule has 0 atom stereocenters. The number of piperidine rings is 1. The summed E-state index contributed by atoms with van der Waals surface area (Å²) >= 11 is 0. The smallest absolute Gasteiger partial charge is 0.317 e. The molecule has 3 rings (SSSR count). The van der Waals surface area contributed by atoms with Crippen LogP contribution >= 0.6 is 0 Å². The molecule has 146 valence electrons. The first-order valence-electron chi connectivity index (χ1n) is 9.50. The molecule has 0 aromatic carbocycles. The molecule has 1 fully saturated rings. The molecule has 1 N–H and O–H groups in total. The highest BCUT2D eigenvalue weighted by molar-refractivity contribution is 5.74. The molecule has 1 aliphatic heterocycles. The number of imidazole rings is 1. The second kappa shape index (κ2) is 7.98. The Kier molecular flexibility index (Phi) is 5.68. The molecular formula is C20H29N5O2. The lowest BCUT2D eigenvalue weighted by Gasteiger charge is -2.31. The van der Waals surface area contributed by atoms with Crippen molar-refractivity contribution in [3.8, 4) is 5.88 Å². The topological polar surface area (TPSA) is 71.8 Å². The van der Waals surface area contributed by atoms with Gasteiger partial charge in [-0.3, -0.25) is 0 Å². The highest BCUT2D eigenvalue weighted by Gasteiger charge is 2.23. The third-order valence-corrected chi connectivity index (χ3v) is 4.83. The number of amides is 2. The van der Waals surface area contributed by atoms with Crippen molar-refractivity contribution in [3.05, 3.63) is 36.7 Å². The molecule has 0 aliphatic carbocycles. The predicted octanol–water partition coefficient (Wildman–Crippen LogP) is 3.01. The van der Waals surface area contributed by atoms with Crippen LogP contribution in [0.25, 0.3) is 5.65 Å². The van der Waals surface area contributed by atoms with Gasteiger partial charge in [0.15, 0.2) is 5.65 Å². The van der Waals surface area contributed by atoms with E-state index < -0.39 is 0 Å². The highest BCUT2D eigenvalue weighted by atomic mass is 16.5. The van der Waals surface area contributed by atoms with Gasteiger partial charge in [0.1, 0.15) is 0 Å². The van der Waals surface area contributed by atoms with E-state index in [2.05, 4.69) is 42.7 Å². The molecule has 2 aromatic rings. The lowest BCUT2D eigenvalue weighted by Crippen LogP contribution is -2.45. The minimum absolute atomic E-state index is 0.0132. The number of carbonyl (C=O) groups excluding carboxylic acids is 1. The number of rotatable bonds is 5. The molecule has 27 heavy (non-hydrogen) atoms. The minimum atomic E-state index is -0.0175. The first kappa shape index (κ1) is 19.2. The Hall–Kier alpha value is -2.57. The minimum Gasteiger partial charge on any atom is -0.476 e. The highest BCUT2D eigenvalue weighted by Crippen LogP contribution is 2.22. The maximum atomic E-state index is 12.0. The van der Waals surface area contributed by atoms with E-state index in [9.17, 15) is 4.79 Å². The molecular weight excluding hydrogens is 342 g/mol. The third kappa shape index (κ3) is 4.78. The Labute approximate surface area is 160 Å². The summed E-state index contributed by atoms with van der Waals surface area (Å²) in [4.78, 5) is 18.4. The number of likely N-dealkylation sites (tertiary alicyclic amines) is 1. The number of hydrogen-bond donors (Lipinski definition) is 1. The zero-order valence-electron chi connectivity index (χ0n) is 16.4. The maximum absolute atomic E-state index is 12.0. The third-order valence-electron chi connectivity index (χ3n) is 4.83. The fraction of sp³-hybridized carbons (Fsp3) is 0.550. The van der Waals surface area contributed by atoms with Gasteiger partial charge in [-0.25, -0.2) is 14.3 Å². The van der Waals surface area contributed by atoms with Crippen molar-refractivity contribution >= 4 is 11.7 Å². The molecule has 0 saturated carbocycles. The Morgan fingerprint density at radius 3 is 2.78 bits per heavy atom. The van der Waals surface area contributed by atoms with E-state index in [1.54, 1.807) is 10.6 Å². The summed E-state index contributed by atoms with van der Waals surface area (Å²) < 4.78 is 7.70. The lowest BCUT2D eigenvalue weighted by molar-refractivity contribution is 0.143. The monoisotopic (exact) mass is 371 g/mol. The quantitative estimate of drug-likeness (QED) is 0.820. The summed E-state index contributed by atoms with van der Waals surface area (Å²) in [6, 6.07) is 3.78. The van der Waals surface area contributed by atoms with Crippen LogP contribution in [0.4, 0.5) is 4.79 Å². The van der Waals surface area contributed by atoms with E-state index >= 15 is 0 Å². The maximum Gasteiger partial charge on any atom is 0.317 e. The van der Waals surface area contributed by atoms with Crippen molar-refractivity contribution in [2.45, 2.75) is 39.0 Å².